The van der Waals surface area contributed by atoms with Crippen LogP contribution in [0.2, 0.25) is 0 Å². The smallest absolute Gasteiger partial charge is 0.0775 e. The van der Waals surface area contributed by atoms with Gasteiger partial charge >= 0.3 is 0 Å². The zero-order valence-corrected chi connectivity index (χ0v) is 8.85. The first-order valence-electron chi connectivity index (χ1n) is 5.36. The summed E-state index contributed by atoms with van der Waals surface area (Å²) in [4.78, 5) is 0. The topological polar surface area (TPSA) is 52.5 Å². The van der Waals surface area contributed by atoms with Gasteiger partial charge in [0.15, 0.2) is 0 Å². The van der Waals surface area contributed by atoms with Gasteiger partial charge in [-0.15, -0.1) is 0 Å². The Balaban J connectivity index is 2.11. The van der Waals surface area contributed by atoms with E-state index in [1.807, 2.05) is 24.3 Å². The lowest BCUT2D eigenvalue weighted by molar-refractivity contribution is 0.125. The van der Waals surface area contributed by atoms with E-state index in [9.17, 15) is 10.2 Å². The number of aliphatic hydroxyl groups is 2. The molecule has 2 rings (SSSR count). The van der Waals surface area contributed by atoms with E-state index in [0.717, 1.165) is 5.56 Å². The number of benzene rings is 1. The molecule has 0 unspecified atom stereocenters. The molecular weight excluding hydrogens is 190 g/mol. The summed E-state index contributed by atoms with van der Waals surface area (Å²) in [5, 5.41) is 22.3. The number of hydrogen-bond acceptors (Lipinski definition) is 3. The Morgan fingerprint density at radius 3 is 2.93 bits per heavy atom. The monoisotopic (exact) mass is 207 g/mol. The maximum atomic E-state index is 9.88. The van der Waals surface area contributed by atoms with Crippen molar-refractivity contribution in [3.8, 4) is 0 Å². The van der Waals surface area contributed by atoms with Crippen molar-refractivity contribution in [1.82, 2.24) is 5.32 Å². The summed E-state index contributed by atoms with van der Waals surface area (Å²) in [5.74, 6) is 0. The molecule has 0 saturated heterocycles. The van der Waals surface area contributed by atoms with Crippen LogP contribution in [-0.2, 0) is 6.42 Å². The first-order chi connectivity index (χ1) is 7.18. The van der Waals surface area contributed by atoms with E-state index in [1.165, 1.54) is 5.56 Å². The van der Waals surface area contributed by atoms with Crippen LogP contribution in [0.4, 0.5) is 0 Å². The third kappa shape index (κ3) is 2.20. The zero-order valence-electron chi connectivity index (χ0n) is 8.85. The lowest BCUT2D eigenvalue weighted by Gasteiger charge is -2.18. The largest absolute Gasteiger partial charge is 0.392 e. The molecule has 0 heterocycles. The second kappa shape index (κ2) is 4.31. The molecule has 3 N–H and O–H groups in total. The molecule has 3 atom stereocenters. The lowest BCUT2D eigenvalue weighted by atomic mass is 10.1. The van der Waals surface area contributed by atoms with E-state index < -0.39 is 0 Å². The van der Waals surface area contributed by atoms with Gasteiger partial charge in [0.2, 0.25) is 0 Å². The minimum atomic E-state index is -0.384. The number of aliphatic hydroxyl groups excluding tert-OH is 2. The van der Waals surface area contributed by atoms with Crippen LogP contribution in [0, 0.1) is 0 Å². The highest BCUT2D eigenvalue weighted by Crippen LogP contribution is 2.30. The highest BCUT2D eigenvalue weighted by molar-refractivity contribution is 5.36. The SMILES string of the molecule is C[C@H](O)CN[C@@H]1c2ccccc2C[C@@H]1O. The summed E-state index contributed by atoms with van der Waals surface area (Å²) in [6.07, 6.45) is -0.0562. The van der Waals surface area contributed by atoms with Gasteiger partial charge < -0.3 is 15.5 Å². The maximum Gasteiger partial charge on any atom is 0.0775 e. The van der Waals surface area contributed by atoms with Crippen molar-refractivity contribution in [1.29, 1.82) is 0 Å². The van der Waals surface area contributed by atoms with E-state index in [2.05, 4.69) is 5.32 Å². The predicted octanol–water partition coefficient (Wildman–Crippen LogP) is 0.615. The lowest BCUT2D eigenvalue weighted by Crippen LogP contribution is -2.33. The summed E-state index contributed by atoms with van der Waals surface area (Å²) in [5.41, 5.74) is 2.36. The van der Waals surface area contributed by atoms with Crippen molar-refractivity contribution in [2.45, 2.75) is 31.6 Å². The van der Waals surface area contributed by atoms with Crippen LogP contribution in [0.3, 0.4) is 0 Å². The van der Waals surface area contributed by atoms with Gasteiger partial charge in [-0.1, -0.05) is 24.3 Å². The molecule has 0 amide bonds. The molecular formula is C12H17NO2. The average molecular weight is 207 g/mol. The Bertz CT molecular complexity index is 338. The molecule has 1 aliphatic carbocycles. The van der Waals surface area contributed by atoms with Crippen molar-refractivity contribution < 1.29 is 10.2 Å². The zero-order chi connectivity index (χ0) is 10.8. The van der Waals surface area contributed by atoms with Gasteiger partial charge in [0.1, 0.15) is 0 Å². The number of hydrogen-bond donors (Lipinski definition) is 3. The molecule has 1 aromatic carbocycles. The van der Waals surface area contributed by atoms with Crippen molar-refractivity contribution in [3.05, 3.63) is 35.4 Å². The minimum Gasteiger partial charge on any atom is -0.392 e. The van der Waals surface area contributed by atoms with Crippen LogP contribution in [0.1, 0.15) is 24.1 Å². The van der Waals surface area contributed by atoms with Crippen LogP contribution in [-0.4, -0.2) is 29.0 Å². The summed E-state index contributed by atoms with van der Waals surface area (Å²) in [7, 11) is 0. The molecule has 0 fully saturated rings. The Morgan fingerprint density at radius 1 is 1.47 bits per heavy atom. The summed E-state index contributed by atoms with van der Waals surface area (Å²) < 4.78 is 0. The molecule has 0 aliphatic heterocycles. The minimum absolute atomic E-state index is 0.0317. The van der Waals surface area contributed by atoms with Crippen LogP contribution < -0.4 is 5.32 Å². The molecule has 3 nitrogen and oxygen atoms in total. The highest BCUT2D eigenvalue weighted by atomic mass is 16.3. The number of nitrogens with one attached hydrogen (secondary N) is 1. The molecule has 15 heavy (non-hydrogen) atoms. The quantitative estimate of drug-likeness (QED) is 0.681. The molecule has 1 aliphatic rings. The number of rotatable bonds is 3. The number of fused-ring (bicyclic) bond motifs is 1. The van der Waals surface area contributed by atoms with E-state index >= 15 is 0 Å². The molecule has 0 saturated carbocycles. The van der Waals surface area contributed by atoms with Crippen molar-refractivity contribution in [3.63, 3.8) is 0 Å². The van der Waals surface area contributed by atoms with Gasteiger partial charge in [0.05, 0.1) is 18.2 Å². The second-order valence-corrected chi connectivity index (χ2v) is 4.21. The van der Waals surface area contributed by atoms with Crippen LogP contribution in [0.5, 0.6) is 0 Å². The maximum absolute atomic E-state index is 9.88. The van der Waals surface area contributed by atoms with Gasteiger partial charge in [-0.2, -0.15) is 0 Å². The molecule has 82 valence electrons. The van der Waals surface area contributed by atoms with E-state index in [4.69, 9.17) is 0 Å². The van der Waals surface area contributed by atoms with Gasteiger partial charge in [0, 0.05) is 13.0 Å². The van der Waals surface area contributed by atoms with Crippen molar-refractivity contribution in [2.75, 3.05) is 6.54 Å². The summed E-state index contributed by atoms with van der Waals surface area (Å²) >= 11 is 0. The Morgan fingerprint density at radius 2 is 2.20 bits per heavy atom. The fourth-order valence-electron chi connectivity index (χ4n) is 2.12. The standard InChI is InChI=1S/C12H17NO2/c1-8(14)7-13-12-10-5-3-2-4-9(10)6-11(12)15/h2-5,8,11-15H,6-7H2,1H3/t8-,11-,12+/m0/s1. The van der Waals surface area contributed by atoms with Gasteiger partial charge in [-0.25, -0.2) is 0 Å². The molecule has 0 bridgehead atoms. The molecule has 0 spiro atoms. The van der Waals surface area contributed by atoms with Crippen molar-refractivity contribution >= 4 is 0 Å². The fourth-order valence-corrected chi connectivity index (χ4v) is 2.12. The van der Waals surface area contributed by atoms with Crippen LogP contribution >= 0.6 is 0 Å². The van der Waals surface area contributed by atoms with Crippen LogP contribution in [0.25, 0.3) is 0 Å². The molecule has 0 radical (unpaired) electrons. The Kier molecular flexibility index (Phi) is 3.05. The van der Waals surface area contributed by atoms with Crippen LogP contribution in [0.15, 0.2) is 24.3 Å². The van der Waals surface area contributed by atoms with Crippen molar-refractivity contribution in [2.24, 2.45) is 0 Å². The first kappa shape index (κ1) is 10.6. The second-order valence-electron chi connectivity index (χ2n) is 4.21. The van der Waals surface area contributed by atoms with E-state index in [0.29, 0.717) is 13.0 Å². The average Bonchev–Trinajstić information content (AvgIpc) is 2.50. The third-order valence-electron chi connectivity index (χ3n) is 2.84. The Hall–Kier alpha value is -0.900. The highest BCUT2D eigenvalue weighted by Gasteiger charge is 2.30. The van der Waals surface area contributed by atoms with Gasteiger partial charge in [0.25, 0.3) is 0 Å². The Labute approximate surface area is 89.8 Å². The third-order valence-corrected chi connectivity index (χ3v) is 2.84. The van der Waals surface area contributed by atoms with Gasteiger partial charge in [-0.3, -0.25) is 0 Å². The molecule has 0 aromatic heterocycles. The van der Waals surface area contributed by atoms with E-state index in [1.54, 1.807) is 6.92 Å². The van der Waals surface area contributed by atoms with Gasteiger partial charge in [-0.05, 0) is 18.1 Å². The normalized spacial score (nSPS) is 26.3. The van der Waals surface area contributed by atoms with E-state index in [-0.39, 0.29) is 18.2 Å². The molecule has 3 heteroatoms. The first-order valence-corrected chi connectivity index (χ1v) is 5.36. The summed E-state index contributed by atoms with van der Waals surface area (Å²) in [6, 6.07) is 8.01. The summed E-state index contributed by atoms with van der Waals surface area (Å²) in [6.45, 7) is 2.25. The fraction of sp³-hybridized carbons (Fsp3) is 0.500. The predicted molar refractivity (Wildman–Crippen MR) is 58.6 cm³/mol. The molecule has 1 aromatic rings.